The highest BCUT2D eigenvalue weighted by Crippen LogP contribution is 2.35. The fourth-order valence-electron chi connectivity index (χ4n) is 4.57. The highest BCUT2D eigenvalue weighted by atomic mass is 16.7. The summed E-state index contributed by atoms with van der Waals surface area (Å²) in [7, 11) is 0. The van der Waals surface area contributed by atoms with Gasteiger partial charge < -0.3 is 10.2 Å². The lowest BCUT2D eigenvalue weighted by atomic mass is 9.92. The fraction of sp³-hybridized carbons (Fsp3) is 0.609. The molecule has 1 unspecified atom stereocenters. The average molecular weight is 397 g/mol. The molecule has 2 aromatic rings. The summed E-state index contributed by atoms with van der Waals surface area (Å²) in [4.78, 5) is 17.9. The topological polar surface area (TPSA) is 68.5 Å². The number of aromatic nitrogens is 2. The number of aryl methyl sites for hydroxylation is 1. The van der Waals surface area contributed by atoms with Gasteiger partial charge in [-0.25, -0.2) is 0 Å². The van der Waals surface area contributed by atoms with Gasteiger partial charge in [0, 0.05) is 23.9 Å². The Labute approximate surface area is 172 Å². The number of fused-ring (bicyclic) bond motifs is 1. The maximum Gasteiger partial charge on any atom is 0.224 e. The van der Waals surface area contributed by atoms with Gasteiger partial charge in [0.15, 0.2) is 0 Å². The van der Waals surface area contributed by atoms with Crippen LogP contribution >= 0.6 is 0 Å². The summed E-state index contributed by atoms with van der Waals surface area (Å²) < 4.78 is 2.25. The predicted octanol–water partition coefficient (Wildman–Crippen LogP) is 4.51. The van der Waals surface area contributed by atoms with E-state index in [1.54, 1.807) is 0 Å². The van der Waals surface area contributed by atoms with E-state index in [0.717, 1.165) is 24.1 Å². The molecule has 6 heteroatoms. The zero-order valence-electron chi connectivity index (χ0n) is 17.8. The van der Waals surface area contributed by atoms with Gasteiger partial charge in [-0.05, 0) is 38.7 Å². The second-order valence-corrected chi connectivity index (χ2v) is 8.70. The van der Waals surface area contributed by atoms with Crippen molar-refractivity contribution >= 4 is 22.5 Å². The van der Waals surface area contributed by atoms with Crippen LogP contribution in [0.2, 0.25) is 0 Å². The molecule has 0 spiro atoms. The SMILES string of the molecule is CCCNC(=O)CC1(C)CC(c2ccc3c(CC)nn(C4CCCC4)c3c2)=NO1. The summed E-state index contributed by atoms with van der Waals surface area (Å²) in [5.41, 5.74) is 3.76. The smallest absolute Gasteiger partial charge is 0.224 e. The summed E-state index contributed by atoms with van der Waals surface area (Å²) in [6.45, 7) is 6.87. The third-order valence-corrected chi connectivity index (χ3v) is 6.15. The standard InChI is InChI=1S/C23H32N4O2/c1-4-12-24-22(28)15-23(3)14-20(26-29-23)16-10-11-18-19(5-2)25-27(21(18)13-16)17-8-6-7-9-17/h10-11,13,17H,4-9,12,14-15H2,1-3H3,(H,24,28). The first-order chi connectivity index (χ1) is 14.0. The Balaban J connectivity index is 1.57. The highest BCUT2D eigenvalue weighted by Gasteiger charge is 2.37. The monoisotopic (exact) mass is 396 g/mol. The van der Waals surface area contributed by atoms with E-state index in [9.17, 15) is 4.79 Å². The minimum atomic E-state index is -0.581. The molecule has 1 aromatic carbocycles. The molecule has 29 heavy (non-hydrogen) atoms. The molecular weight excluding hydrogens is 364 g/mol. The third-order valence-electron chi connectivity index (χ3n) is 6.15. The van der Waals surface area contributed by atoms with E-state index in [-0.39, 0.29) is 5.91 Å². The molecule has 1 aromatic heterocycles. The molecule has 1 atom stereocenters. The number of oxime groups is 1. The van der Waals surface area contributed by atoms with Gasteiger partial charge in [0.1, 0.15) is 5.60 Å². The lowest BCUT2D eigenvalue weighted by molar-refractivity contribution is -0.127. The van der Waals surface area contributed by atoms with Gasteiger partial charge in [-0.3, -0.25) is 9.48 Å². The van der Waals surface area contributed by atoms with Crippen LogP contribution in [0.25, 0.3) is 10.9 Å². The molecule has 2 aliphatic rings. The van der Waals surface area contributed by atoms with E-state index < -0.39 is 5.60 Å². The number of benzene rings is 1. The first kappa shape index (κ1) is 19.9. The molecule has 0 radical (unpaired) electrons. The van der Waals surface area contributed by atoms with Crippen molar-refractivity contribution in [1.82, 2.24) is 15.1 Å². The molecule has 4 rings (SSSR count). The van der Waals surface area contributed by atoms with Gasteiger partial charge in [0.25, 0.3) is 0 Å². The van der Waals surface area contributed by atoms with Gasteiger partial charge in [-0.15, -0.1) is 0 Å². The quantitative estimate of drug-likeness (QED) is 0.748. The highest BCUT2D eigenvalue weighted by molar-refractivity contribution is 6.04. The maximum absolute atomic E-state index is 12.2. The number of nitrogens with one attached hydrogen (secondary N) is 1. The number of amides is 1. The number of hydrogen-bond acceptors (Lipinski definition) is 4. The van der Waals surface area contributed by atoms with Gasteiger partial charge in [-0.1, -0.05) is 44.0 Å². The number of rotatable bonds is 7. The van der Waals surface area contributed by atoms with Crippen molar-refractivity contribution < 1.29 is 9.63 Å². The van der Waals surface area contributed by atoms with Crippen LogP contribution < -0.4 is 5.32 Å². The number of carbonyl (C=O) groups is 1. The maximum atomic E-state index is 12.2. The van der Waals surface area contributed by atoms with Crippen molar-refractivity contribution in [3.63, 3.8) is 0 Å². The van der Waals surface area contributed by atoms with Crippen LogP contribution in [-0.4, -0.2) is 33.5 Å². The lowest BCUT2D eigenvalue weighted by Gasteiger charge is -2.20. The van der Waals surface area contributed by atoms with Crippen LogP contribution in [0.5, 0.6) is 0 Å². The zero-order valence-corrected chi connectivity index (χ0v) is 17.8. The Bertz CT molecular complexity index is 926. The van der Waals surface area contributed by atoms with Crippen LogP contribution in [0.15, 0.2) is 23.4 Å². The molecule has 1 aliphatic heterocycles. The molecular formula is C23H32N4O2. The van der Waals surface area contributed by atoms with Crippen LogP contribution in [0.1, 0.15) is 83.0 Å². The van der Waals surface area contributed by atoms with Crippen molar-refractivity contribution in [2.24, 2.45) is 5.16 Å². The Morgan fingerprint density at radius 1 is 1.31 bits per heavy atom. The van der Waals surface area contributed by atoms with Crippen molar-refractivity contribution in [3.8, 4) is 0 Å². The van der Waals surface area contributed by atoms with Crippen LogP contribution in [-0.2, 0) is 16.1 Å². The molecule has 1 fully saturated rings. The fourth-order valence-corrected chi connectivity index (χ4v) is 4.57. The predicted molar refractivity (Wildman–Crippen MR) is 115 cm³/mol. The number of hydrogen-bond donors (Lipinski definition) is 1. The lowest BCUT2D eigenvalue weighted by Crippen LogP contribution is -2.35. The van der Waals surface area contributed by atoms with Crippen LogP contribution in [0, 0.1) is 0 Å². The van der Waals surface area contributed by atoms with E-state index in [1.165, 1.54) is 42.3 Å². The summed E-state index contributed by atoms with van der Waals surface area (Å²) >= 11 is 0. The molecule has 1 amide bonds. The Hall–Kier alpha value is -2.37. The zero-order chi connectivity index (χ0) is 20.4. The molecule has 0 bridgehead atoms. The van der Waals surface area contributed by atoms with Crippen LogP contribution in [0.4, 0.5) is 0 Å². The third kappa shape index (κ3) is 4.02. The van der Waals surface area contributed by atoms with Gasteiger partial charge in [0.2, 0.25) is 5.91 Å². The molecule has 1 N–H and O–H groups in total. The molecule has 156 valence electrons. The van der Waals surface area contributed by atoms with Crippen molar-refractivity contribution in [3.05, 3.63) is 29.5 Å². The molecule has 1 aliphatic carbocycles. The summed E-state index contributed by atoms with van der Waals surface area (Å²) in [5, 5.41) is 13.5. The van der Waals surface area contributed by atoms with Crippen molar-refractivity contribution in [2.45, 2.75) is 83.8 Å². The van der Waals surface area contributed by atoms with E-state index in [4.69, 9.17) is 9.94 Å². The summed E-state index contributed by atoms with van der Waals surface area (Å²) in [6, 6.07) is 7.01. The minimum Gasteiger partial charge on any atom is -0.388 e. The van der Waals surface area contributed by atoms with E-state index in [0.29, 0.717) is 25.4 Å². The second kappa shape index (κ2) is 8.17. The summed E-state index contributed by atoms with van der Waals surface area (Å²) in [5.74, 6) is 0.0214. The minimum absolute atomic E-state index is 0.0214. The Morgan fingerprint density at radius 2 is 2.10 bits per heavy atom. The second-order valence-electron chi connectivity index (χ2n) is 8.70. The molecule has 1 saturated carbocycles. The van der Waals surface area contributed by atoms with E-state index >= 15 is 0 Å². The number of nitrogens with zero attached hydrogens (tertiary/aromatic N) is 3. The Kier molecular flexibility index (Phi) is 5.61. The van der Waals surface area contributed by atoms with Crippen LogP contribution in [0.3, 0.4) is 0 Å². The van der Waals surface area contributed by atoms with Gasteiger partial charge >= 0.3 is 0 Å². The first-order valence-electron chi connectivity index (χ1n) is 11.1. The van der Waals surface area contributed by atoms with E-state index in [1.807, 2.05) is 13.8 Å². The van der Waals surface area contributed by atoms with Gasteiger partial charge in [-0.2, -0.15) is 5.10 Å². The van der Waals surface area contributed by atoms with Gasteiger partial charge in [0.05, 0.1) is 29.4 Å². The summed E-state index contributed by atoms with van der Waals surface area (Å²) in [6.07, 6.45) is 7.80. The Morgan fingerprint density at radius 3 is 2.83 bits per heavy atom. The molecule has 2 heterocycles. The van der Waals surface area contributed by atoms with Crippen molar-refractivity contribution in [1.29, 1.82) is 0 Å². The van der Waals surface area contributed by atoms with Crippen molar-refractivity contribution in [2.75, 3.05) is 6.54 Å². The largest absolute Gasteiger partial charge is 0.388 e. The number of carbonyl (C=O) groups excluding carboxylic acids is 1. The normalized spacial score (nSPS) is 22.1. The molecule has 0 saturated heterocycles. The average Bonchev–Trinajstić information content (AvgIpc) is 3.44. The first-order valence-corrected chi connectivity index (χ1v) is 11.1. The van der Waals surface area contributed by atoms with E-state index in [2.05, 4.69) is 40.3 Å². The molecule has 6 nitrogen and oxygen atoms in total.